The largest absolute Gasteiger partial charge is 0.386 e. The second kappa shape index (κ2) is 4.15. The summed E-state index contributed by atoms with van der Waals surface area (Å²) in [5, 5.41) is 0. The Hall–Kier alpha value is -1.49. The van der Waals surface area contributed by atoms with Gasteiger partial charge in [-0.3, -0.25) is 0 Å². The number of benzene rings is 1. The molecule has 1 rings (SSSR count). The van der Waals surface area contributed by atoms with Gasteiger partial charge in [-0.1, -0.05) is 0 Å². The van der Waals surface area contributed by atoms with Crippen LogP contribution >= 0.6 is 0 Å². The lowest BCUT2D eigenvalue weighted by atomic mass is 10.3. The van der Waals surface area contributed by atoms with Crippen LogP contribution in [-0.4, -0.2) is 11.9 Å². The zero-order valence-corrected chi connectivity index (χ0v) is 7.67. The Labute approximate surface area is 80.4 Å². The molecule has 0 bridgehead atoms. The minimum atomic E-state index is -0.693. The molecule has 76 valence electrons. The van der Waals surface area contributed by atoms with Crippen molar-refractivity contribution in [3.8, 4) is 0 Å². The highest BCUT2D eigenvalue weighted by Crippen LogP contribution is 2.15. The number of amidine groups is 1. The summed E-state index contributed by atoms with van der Waals surface area (Å²) in [6.45, 7) is 1.63. The predicted molar refractivity (Wildman–Crippen MR) is 51.3 cm³/mol. The molecule has 0 amide bonds. The van der Waals surface area contributed by atoms with Crippen molar-refractivity contribution < 1.29 is 8.78 Å². The van der Waals surface area contributed by atoms with Crippen LogP contribution in [0, 0.1) is 11.6 Å². The highest BCUT2D eigenvalue weighted by molar-refractivity contribution is 5.87. The van der Waals surface area contributed by atoms with E-state index < -0.39 is 17.7 Å². The standard InChI is InChI=1S/C9H11F2N3/c1-5(12)9(13)14-8-3-6(10)2-7(11)4-8/h2-5H,12H2,1H3,(H2,13,14). The number of nitrogens with two attached hydrogens (primary N) is 2. The quantitative estimate of drug-likeness (QED) is 0.557. The molecule has 0 radical (unpaired) electrons. The first-order chi connectivity index (χ1) is 6.49. The molecule has 1 unspecified atom stereocenters. The fraction of sp³-hybridized carbons (Fsp3) is 0.222. The van der Waals surface area contributed by atoms with Gasteiger partial charge < -0.3 is 11.5 Å². The van der Waals surface area contributed by atoms with Gasteiger partial charge in [0.05, 0.1) is 11.7 Å². The number of hydrogen-bond acceptors (Lipinski definition) is 2. The number of hydrogen-bond donors (Lipinski definition) is 2. The third-order valence-corrected chi connectivity index (χ3v) is 1.57. The maximum atomic E-state index is 12.7. The van der Waals surface area contributed by atoms with Gasteiger partial charge in [-0.2, -0.15) is 0 Å². The minimum Gasteiger partial charge on any atom is -0.386 e. The first-order valence-electron chi connectivity index (χ1n) is 4.05. The van der Waals surface area contributed by atoms with E-state index in [4.69, 9.17) is 11.5 Å². The SMILES string of the molecule is CC(N)C(N)=Nc1cc(F)cc(F)c1. The molecular formula is C9H11F2N3. The fourth-order valence-electron chi connectivity index (χ4n) is 0.855. The van der Waals surface area contributed by atoms with Crippen LogP contribution in [0.2, 0.25) is 0 Å². The Morgan fingerprint density at radius 2 is 1.79 bits per heavy atom. The number of halogens is 2. The van der Waals surface area contributed by atoms with E-state index >= 15 is 0 Å². The van der Waals surface area contributed by atoms with E-state index in [-0.39, 0.29) is 11.5 Å². The molecule has 5 heteroatoms. The molecule has 0 spiro atoms. The zero-order chi connectivity index (χ0) is 10.7. The van der Waals surface area contributed by atoms with Crippen LogP contribution in [0.1, 0.15) is 6.92 Å². The first-order valence-corrected chi connectivity index (χ1v) is 4.05. The summed E-state index contributed by atoms with van der Waals surface area (Å²) >= 11 is 0. The van der Waals surface area contributed by atoms with E-state index in [2.05, 4.69) is 4.99 Å². The normalized spacial score (nSPS) is 14.1. The molecule has 3 nitrogen and oxygen atoms in total. The van der Waals surface area contributed by atoms with E-state index in [0.29, 0.717) is 0 Å². The molecule has 0 heterocycles. The van der Waals surface area contributed by atoms with Crippen molar-refractivity contribution in [2.24, 2.45) is 16.5 Å². The van der Waals surface area contributed by atoms with Gasteiger partial charge in [-0.25, -0.2) is 13.8 Å². The summed E-state index contributed by atoms with van der Waals surface area (Å²) in [5.41, 5.74) is 11.0. The number of nitrogens with zero attached hydrogens (tertiary/aromatic N) is 1. The average Bonchev–Trinajstić information content (AvgIpc) is 2.01. The average molecular weight is 199 g/mol. The van der Waals surface area contributed by atoms with Crippen molar-refractivity contribution in [1.82, 2.24) is 0 Å². The summed E-state index contributed by atoms with van der Waals surface area (Å²) in [6.07, 6.45) is 0. The van der Waals surface area contributed by atoms with E-state index in [9.17, 15) is 8.78 Å². The van der Waals surface area contributed by atoms with Crippen LogP contribution in [0.3, 0.4) is 0 Å². The van der Waals surface area contributed by atoms with Crippen LogP contribution < -0.4 is 11.5 Å². The van der Waals surface area contributed by atoms with Gasteiger partial charge in [-0.05, 0) is 19.1 Å². The van der Waals surface area contributed by atoms with Crippen molar-refractivity contribution in [2.75, 3.05) is 0 Å². The third kappa shape index (κ3) is 2.77. The van der Waals surface area contributed by atoms with Crippen LogP contribution in [0.5, 0.6) is 0 Å². The minimum absolute atomic E-state index is 0.123. The molecule has 0 saturated carbocycles. The molecule has 14 heavy (non-hydrogen) atoms. The first kappa shape index (κ1) is 10.6. The molecule has 0 aliphatic heterocycles. The summed E-state index contributed by atoms with van der Waals surface area (Å²) in [5.74, 6) is -1.25. The lowest BCUT2D eigenvalue weighted by molar-refractivity contribution is 0.584. The lowest BCUT2D eigenvalue weighted by Gasteiger charge is -2.03. The van der Waals surface area contributed by atoms with Crippen LogP contribution in [-0.2, 0) is 0 Å². The van der Waals surface area contributed by atoms with E-state index in [1.165, 1.54) is 0 Å². The lowest BCUT2D eigenvalue weighted by Crippen LogP contribution is -2.33. The summed E-state index contributed by atoms with van der Waals surface area (Å²) < 4.78 is 25.4. The van der Waals surface area contributed by atoms with E-state index in [0.717, 1.165) is 18.2 Å². The van der Waals surface area contributed by atoms with Crippen molar-refractivity contribution in [2.45, 2.75) is 13.0 Å². The maximum Gasteiger partial charge on any atom is 0.128 e. The third-order valence-electron chi connectivity index (χ3n) is 1.57. The van der Waals surface area contributed by atoms with Gasteiger partial charge >= 0.3 is 0 Å². The summed E-state index contributed by atoms with van der Waals surface area (Å²) in [4.78, 5) is 3.77. The van der Waals surface area contributed by atoms with Crippen molar-refractivity contribution in [1.29, 1.82) is 0 Å². The molecular weight excluding hydrogens is 188 g/mol. The molecule has 1 aromatic rings. The molecule has 0 aliphatic carbocycles. The van der Waals surface area contributed by atoms with Crippen molar-refractivity contribution in [3.05, 3.63) is 29.8 Å². The summed E-state index contributed by atoms with van der Waals surface area (Å²) in [6, 6.07) is 2.49. The van der Waals surface area contributed by atoms with Gasteiger partial charge in [0.2, 0.25) is 0 Å². The highest BCUT2D eigenvalue weighted by atomic mass is 19.1. The van der Waals surface area contributed by atoms with E-state index in [1.807, 2.05) is 0 Å². The van der Waals surface area contributed by atoms with Crippen LogP contribution in [0.15, 0.2) is 23.2 Å². The van der Waals surface area contributed by atoms with Gasteiger partial charge in [0.1, 0.15) is 17.5 Å². The topological polar surface area (TPSA) is 64.4 Å². The molecule has 1 aromatic carbocycles. The molecule has 1 atom stereocenters. The number of rotatable bonds is 2. The molecule has 0 aliphatic rings. The second-order valence-electron chi connectivity index (χ2n) is 2.95. The molecule has 0 aromatic heterocycles. The van der Waals surface area contributed by atoms with Crippen molar-refractivity contribution >= 4 is 11.5 Å². The van der Waals surface area contributed by atoms with Gasteiger partial charge in [-0.15, -0.1) is 0 Å². The van der Waals surface area contributed by atoms with Crippen LogP contribution in [0.25, 0.3) is 0 Å². The molecule has 0 fully saturated rings. The Bertz CT molecular complexity index is 341. The number of aliphatic imine (C=N–C) groups is 1. The van der Waals surface area contributed by atoms with Gasteiger partial charge in [0.15, 0.2) is 0 Å². The predicted octanol–water partition coefficient (Wildman–Crippen LogP) is 1.30. The summed E-state index contributed by atoms with van der Waals surface area (Å²) in [7, 11) is 0. The van der Waals surface area contributed by atoms with E-state index in [1.54, 1.807) is 6.92 Å². The Balaban J connectivity index is 3.02. The molecule has 0 saturated heterocycles. The van der Waals surface area contributed by atoms with Gasteiger partial charge in [0, 0.05) is 6.07 Å². The Morgan fingerprint density at radius 1 is 1.29 bits per heavy atom. The Morgan fingerprint density at radius 3 is 2.21 bits per heavy atom. The fourth-order valence-corrected chi connectivity index (χ4v) is 0.855. The zero-order valence-electron chi connectivity index (χ0n) is 7.67. The highest BCUT2D eigenvalue weighted by Gasteiger charge is 2.02. The van der Waals surface area contributed by atoms with Crippen LogP contribution in [0.4, 0.5) is 14.5 Å². The van der Waals surface area contributed by atoms with Crippen molar-refractivity contribution in [3.63, 3.8) is 0 Å². The Kier molecular flexibility index (Phi) is 3.14. The molecule has 4 N–H and O–H groups in total. The van der Waals surface area contributed by atoms with Gasteiger partial charge in [0.25, 0.3) is 0 Å². The second-order valence-corrected chi connectivity index (χ2v) is 2.95. The maximum absolute atomic E-state index is 12.7. The smallest absolute Gasteiger partial charge is 0.128 e. The monoisotopic (exact) mass is 199 g/mol.